The number of halogens is 1. The van der Waals surface area contributed by atoms with Crippen molar-refractivity contribution in [2.24, 2.45) is 0 Å². The van der Waals surface area contributed by atoms with Gasteiger partial charge in [0.15, 0.2) is 5.13 Å². The molecule has 0 spiro atoms. The lowest BCUT2D eigenvalue weighted by Gasteiger charge is -2.34. The first-order valence-electron chi connectivity index (χ1n) is 8.08. The molecule has 0 saturated carbocycles. The van der Waals surface area contributed by atoms with Crippen molar-refractivity contribution in [3.63, 3.8) is 0 Å². The summed E-state index contributed by atoms with van der Waals surface area (Å²) >= 11 is 7.53. The Kier molecular flexibility index (Phi) is 6.07. The van der Waals surface area contributed by atoms with E-state index < -0.39 is 0 Å². The summed E-state index contributed by atoms with van der Waals surface area (Å²) in [5, 5.41) is 6.80. The highest BCUT2D eigenvalue weighted by molar-refractivity contribution is 7.13. The first-order chi connectivity index (χ1) is 11.7. The molecule has 1 saturated heterocycles. The molecule has 0 aliphatic carbocycles. The second kappa shape index (κ2) is 8.46. The number of nitrogens with zero attached hydrogens (tertiary/aromatic N) is 3. The molecule has 1 fully saturated rings. The number of piperazine rings is 1. The maximum absolute atomic E-state index is 12.1. The molecule has 1 aliphatic heterocycles. The highest BCUT2D eigenvalue weighted by Crippen LogP contribution is 2.18. The maximum Gasteiger partial charge on any atom is 0.234 e. The normalized spacial score (nSPS) is 15.5. The Morgan fingerprint density at radius 1 is 1.21 bits per heavy atom. The third-order valence-corrected chi connectivity index (χ3v) is 5.16. The lowest BCUT2D eigenvalue weighted by Crippen LogP contribution is -2.49. The van der Waals surface area contributed by atoms with E-state index in [-0.39, 0.29) is 5.91 Å². The highest BCUT2D eigenvalue weighted by atomic mass is 35.5. The van der Waals surface area contributed by atoms with Gasteiger partial charge in [0.05, 0.1) is 6.54 Å². The number of aromatic nitrogens is 1. The number of nitrogens with one attached hydrogen (secondary N) is 1. The average Bonchev–Trinajstić information content (AvgIpc) is 3.12. The Morgan fingerprint density at radius 3 is 2.62 bits per heavy atom. The van der Waals surface area contributed by atoms with E-state index in [9.17, 15) is 4.79 Å². The summed E-state index contributed by atoms with van der Waals surface area (Å²) in [5.74, 6) is 0.0895. The molecular weight excluding hydrogens is 344 g/mol. The predicted molar refractivity (Wildman–Crippen MR) is 98.9 cm³/mol. The summed E-state index contributed by atoms with van der Waals surface area (Å²) in [6.45, 7) is 4.75. The molecule has 128 valence electrons. The lowest BCUT2D eigenvalue weighted by atomic mass is 10.1. The predicted octanol–water partition coefficient (Wildman–Crippen LogP) is 2.28. The number of hydrogen-bond donors (Lipinski definition) is 1. The standard InChI is InChI=1S/C17H21ClN4OS/c18-15-3-1-14(2-4-15)5-6-19-16(23)13-21-8-10-22(11-9-21)17-20-7-12-24-17/h1-4,7,12H,5-6,8-11,13H2,(H,19,23). The Bertz CT molecular complexity index is 639. The molecule has 1 aromatic carbocycles. The molecule has 1 amide bonds. The van der Waals surface area contributed by atoms with Gasteiger partial charge in [0.25, 0.3) is 0 Å². The average molecular weight is 365 g/mol. The van der Waals surface area contributed by atoms with E-state index in [0.717, 1.165) is 42.8 Å². The molecule has 0 radical (unpaired) electrons. The number of thiazole rings is 1. The molecule has 1 aromatic heterocycles. The number of benzene rings is 1. The zero-order valence-corrected chi connectivity index (χ0v) is 15.0. The zero-order chi connectivity index (χ0) is 16.8. The van der Waals surface area contributed by atoms with Gasteiger partial charge in [-0.05, 0) is 24.1 Å². The van der Waals surface area contributed by atoms with Crippen LogP contribution in [-0.2, 0) is 11.2 Å². The van der Waals surface area contributed by atoms with Crippen LogP contribution in [0.25, 0.3) is 0 Å². The van der Waals surface area contributed by atoms with Crippen LogP contribution in [0, 0.1) is 0 Å². The monoisotopic (exact) mass is 364 g/mol. The van der Waals surface area contributed by atoms with Crippen LogP contribution in [-0.4, -0.2) is 55.1 Å². The SMILES string of the molecule is O=C(CN1CCN(c2nccs2)CC1)NCCc1ccc(Cl)cc1. The minimum absolute atomic E-state index is 0.0895. The third kappa shape index (κ3) is 4.93. The van der Waals surface area contributed by atoms with Crippen LogP contribution >= 0.6 is 22.9 Å². The van der Waals surface area contributed by atoms with Gasteiger partial charge in [0.1, 0.15) is 0 Å². The van der Waals surface area contributed by atoms with Crippen molar-refractivity contribution < 1.29 is 4.79 Å². The van der Waals surface area contributed by atoms with Gasteiger partial charge in [-0.1, -0.05) is 23.7 Å². The molecule has 0 atom stereocenters. The fourth-order valence-corrected chi connectivity index (χ4v) is 3.55. The number of rotatable bonds is 6. The number of carbonyl (C=O) groups excluding carboxylic acids is 1. The summed E-state index contributed by atoms with van der Waals surface area (Å²) in [7, 11) is 0. The summed E-state index contributed by atoms with van der Waals surface area (Å²) in [4.78, 5) is 20.9. The van der Waals surface area contributed by atoms with E-state index in [1.165, 1.54) is 5.56 Å². The van der Waals surface area contributed by atoms with Crippen LogP contribution in [0.4, 0.5) is 5.13 Å². The van der Waals surface area contributed by atoms with Gasteiger partial charge in [-0.15, -0.1) is 11.3 Å². The van der Waals surface area contributed by atoms with Crippen LogP contribution in [0.15, 0.2) is 35.8 Å². The van der Waals surface area contributed by atoms with Crippen molar-refractivity contribution in [3.8, 4) is 0 Å². The molecule has 0 unspecified atom stereocenters. The van der Waals surface area contributed by atoms with Crippen LogP contribution in [0.3, 0.4) is 0 Å². The van der Waals surface area contributed by atoms with Crippen molar-refractivity contribution in [2.75, 3.05) is 44.2 Å². The van der Waals surface area contributed by atoms with Crippen molar-refractivity contribution >= 4 is 34.0 Å². The molecule has 24 heavy (non-hydrogen) atoms. The smallest absolute Gasteiger partial charge is 0.234 e. The number of amides is 1. The Balaban J connectivity index is 1.34. The van der Waals surface area contributed by atoms with Gasteiger partial charge in [-0.3, -0.25) is 9.69 Å². The quantitative estimate of drug-likeness (QED) is 0.854. The molecule has 0 bridgehead atoms. The number of carbonyl (C=O) groups is 1. The fourth-order valence-electron chi connectivity index (χ4n) is 2.73. The van der Waals surface area contributed by atoms with Gasteiger partial charge in [-0.25, -0.2) is 4.98 Å². The topological polar surface area (TPSA) is 48.5 Å². The van der Waals surface area contributed by atoms with E-state index in [1.807, 2.05) is 35.8 Å². The lowest BCUT2D eigenvalue weighted by molar-refractivity contribution is -0.122. The van der Waals surface area contributed by atoms with Gasteiger partial charge >= 0.3 is 0 Å². The summed E-state index contributed by atoms with van der Waals surface area (Å²) in [6.07, 6.45) is 2.65. The number of hydrogen-bond acceptors (Lipinski definition) is 5. The summed E-state index contributed by atoms with van der Waals surface area (Å²) < 4.78 is 0. The van der Waals surface area contributed by atoms with Crippen LogP contribution < -0.4 is 10.2 Å². The van der Waals surface area contributed by atoms with E-state index >= 15 is 0 Å². The Morgan fingerprint density at radius 2 is 1.96 bits per heavy atom. The van der Waals surface area contributed by atoms with Gasteiger partial charge in [0, 0.05) is 49.3 Å². The van der Waals surface area contributed by atoms with Crippen molar-refractivity contribution in [3.05, 3.63) is 46.4 Å². The van der Waals surface area contributed by atoms with E-state index in [1.54, 1.807) is 11.3 Å². The first-order valence-corrected chi connectivity index (χ1v) is 9.34. The first kappa shape index (κ1) is 17.2. The highest BCUT2D eigenvalue weighted by Gasteiger charge is 2.20. The van der Waals surface area contributed by atoms with Gasteiger partial charge in [-0.2, -0.15) is 0 Å². The van der Waals surface area contributed by atoms with Crippen molar-refractivity contribution in [2.45, 2.75) is 6.42 Å². The van der Waals surface area contributed by atoms with Crippen molar-refractivity contribution in [1.29, 1.82) is 0 Å². The van der Waals surface area contributed by atoms with Crippen LogP contribution in [0.5, 0.6) is 0 Å². The van der Waals surface area contributed by atoms with Gasteiger partial charge in [0.2, 0.25) is 5.91 Å². The van der Waals surface area contributed by atoms with Crippen molar-refractivity contribution in [1.82, 2.24) is 15.2 Å². The second-order valence-corrected chi connectivity index (χ2v) is 7.11. The molecule has 1 aliphatic rings. The van der Waals surface area contributed by atoms with Gasteiger partial charge < -0.3 is 10.2 Å². The van der Waals surface area contributed by atoms with Crippen LogP contribution in [0.1, 0.15) is 5.56 Å². The zero-order valence-electron chi connectivity index (χ0n) is 13.4. The van der Waals surface area contributed by atoms with E-state index in [0.29, 0.717) is 13.1 Å². The van der Waals surface area contributed by atoms with E-state index in [4.69, 9.17) is 11.6 Å². The van der Waals surface area contributed by atoms with Crippen LogP contribution in [0.2, 0.25) is 5.02 Å². The molecule has 7 heteroatoms. The second-order valence-electron chi connectivity index (χ2n) is 5.80. The maximum atomic E-state index is 12.1. The third-order valence-electron chi connectivity index (χ3n) is 4.08. The minimum Gasteiger partial charge on any atom is -0.355 e. The molecule has 3 rings (SSSR count). The summed E-state index contributed by atoms with van der Waals surface area (Å²) in [6, 6.07) is 7.74. The molecule has 1 N–H and O–H groups in total. The Hall–Kier alpha value is -1.63. The fraction of sp³-hybridized carbons (Fsp3) is 0.412. The van der Waals surface area contributed by atoms with E-state index in [2.05, 4.69) is 20.1 Å². The largest absolute Gasteiger partial charge is 0.355 e. The molecule has 5 nitrogen and oxygen atoms in total. The number of anilines is 1. The molecule has 2 aromatic rings. The molecule has 2 heterocycles. The Labute approximate surface area is 151 Å². The molecular formula is C17H21ClN4OS. The minimum atomic E-state index is 0.0895. The summed E-state index contributed by atoms with van der Waals surface area (Å²) in [5.41, 5.74) is 1.18.